The van der Waals surface area contributed by atoms with Gasteiger partial charge in [-0.1, -0.05) is 166 Å². The van der Waals surface area contributed by atoms with Gasteiger partial charge in [0.1, 0.15) is 0 Å². The molecule has 0 radical (unpaired) electrons. The summed E-state index contributed by atoms with van der Waals surface area (Å²) in [4.78, 5) is 11.2. The van der Waals surface area contributed by atoms with Crippen molar-refractivity contribution in [1.82, 2.24) is 19.1 Å². The number of aromatic nitrogens is 4. The second-order valence-corrected chi connectivity index (χ2v) is 16.5. The number of nitrogens with zero attached hydrogens (tertiary/aromatic N) is 4. The van der Waals surface area contributed by atoms with E-state index in [1.165, 1.54) is 76.4 Å². The Kier molecular flexibility index (Phi) is 6.48. The van der Waals surface area contributed by atoms with E-state index in [2.05, 4.69) is 205 Å². The molecule has 0 atom stereocenters. The molecule has 0 bridgehead atoms. The highest BCUT2D eigenvalue weighted by molar-refractivity contribution is 6.25. The maximum atomic E-state index is 5.66. The van der Waals surface area contributed by atoms with Gasteiger partial charge in [-0.15, -0.1) is 0 Å². The van der Waals surface area contributed by atoms with Gasteiger partial charge >= 0.3 is 0 Å². The molecule has 0 saturated heterocycles. The highest BCUT2D eigenvalue weighted by Crippen LogP contribution is 2.54. The van der Waals surface area contributed by atoms with Crippen LogP contribution < -0.4 is 0 Å². The highest BCUT2D eigenvalue weighted by atomic mass is 15.2. The number of fused-ring (bicyclic) bond motifs is 14. The van der Waals surface area contributed by atoms with E-state index in [9.17, 15) is 0 Å². The molecule has 9 aromatic carbocycles. The fraction of sp³-hybridized carbons (Fsp3) is 0.0545. The number of hydrogen-bond donors (Lipinski definition) is 0. The van der Waals surface area contributed by atoms with Crippen molar-refractivity contribution in [3.05, 3.63) is 193 Å². The van der Waals surface area contributed by atoms with Gasteiger partial charge in [-0.05, 0) is 68.7 Å². The number of hydrogen-bond acceptors (Lipinski definition) is 2. The molecule has 3 heterocycles. The quantitative estimate of drug-likeness (QED) is 0.180. The van der Waals surface area contributed by atoms with Crippen LogP contribution in [0.5, 0.6) is 0 Å². The van der Waals surface area contributed by atoms with E-state index >= 15 is 0 Å². The van der Waals surface area contributed by atoms with Gasteiger partial charge in [-0.2, -0.15) is 0 Å². The van der Waals surface area contributed by atoms with Crippen LogP contribution in [0.3, 0.4) is 0 Å². The Balaban J connectivity index is 1.23. The van der Waals surface area contributed by atoms with Crippen LogP contribution in [-0.2, 0) is 5.41 Å². The summed E-state index contributed by atoms with van der Waals surface area (Å²) in [6, 6.07) is 66.2. The summed E-state index contributed by atoms with van der Waals surface area (Å²) in [7, 11) is 0. The molecule has 0 fully saturated rings. The Hall–Kier alpha value is -7.56. The van der Waals surface area contributed by atoms with Crippen LogP contribution in [0.2, 0.25) is 0 Å². The predicted octanol–water partition coefficient (Wildman–Crippen LogP) is 14.1. The smallest absolute Gasteiger partial charge is 0.235 e. The summed E-state index contributed by atoms with van der Waals surface area (Å²) in [6.45, 7) is 4.75. The molecule has 0 unspecified atom stereocenters. The number of para-hydroxylation sites is 3. The van der Waals surface area contributed by atoms with Crippen molar-refractivity contribution >= 4 is 76.1 Å². The normalized spacial score (nSPS) is 13.4. The summed E-state index contributed by atoms with van der Waals surface area (Å²) in [5.41, 5.74) is 13.5. The molecule has 13 rings (SSSR count). The van der Waals surface area contributed by atoms with Crippen molar-refractivity contribution in [3.8, 4) is 34.0 Å². The maximum absolute atomic E-state index is 5.66. The molecular weight excluding hydrogens is 717 g/mol. The van der Waals surface area contributed by atoms with Crippen molar-refractivity contribution in [2.24, 2.45) is 0 Å². The fourth-order valence-electron chi connectivity index (χ4n) is 10.5. The lowest BCUT2D eigenvalue weighted by atomic mass is 9.81. The summed E-state index contributed by atoms with van der Waals surface area (Å²) in [5, 5.41) is 10.7. The zero-order valence-electron chi connectivity index (χ0n) is 32.6. The molecule has 1 aliphatic rings. The average molecular weight is 753 g/mol. The second-order valence-electron chi connectivity index (χ2n) is 16.5. The van der Waals surface area contributed by atoms with Crippen LogP contribution >= 0.6 is 0 Å². The van der Waals surface area contributed by atoms with Gasteiger partial charge in [0.25, 0.3) is 0 Å². The van der Waals surface area contributed by atoms with Crippen LogP contribution in [-0.4, -0.2) is 19.1 Å². The standard InChI is InChI=1S/C55H36N4/c1-55(2)44-23-11-7-17-36(44)41-29-30-43-50-40-21-6-5-20-39(40)48(58-46-25-13-9-18-37(46)38-19-10-14-26-47(38)58)32-49(50)59(53(43)51(41)55)54-56-45-24-12-8-22-42(45)52(57-54)35-28-27-33-15-3-4-16-34(33)31-35/h3-32H,1-2H3. The van der Waals surface area contributed by atoms with Crippen molar-refractivity contribution in [2.45, 2.75) is 19.3 Å². The van der Waals surface area contributed by atoms with Gasteiger partial charge in [0.15, 0.2) is 0 Å². The zero-order valence-corrected chi connectivity index (χ0v) is 32.6. The topological polar surface area (TPSA) is 35.6 Å². The molecule has 12 aromatic rings. The third kappa shape index (κ3) is 4.38. The minimum absolute atomic E-state index is 0.277. The summed E-state index contributed by atoms with van der Waals surface area (Å²) >= 11 is 0. The fourth-order valence-corrected chi connectivity index (χ4v) is 10.5. The SMILES string of the molecule is CC1(C)c2ccccc2-c2ccc3c4c5ccccc5c(-n5c6ccccc6c6ccccc65)cc4n(-c4nc(-c5ccc6ccccc6c5)c5ccccc5n4)c3c21. The summed E-state index contributed by atoms with van der Waals surface area (Å²) < 4.78 is 4.86. The maximum Gasteiger partial charge on any atom is 0.235 e. The number of rotatable bonds is 3. The van der Waals surface area contributed by atoms with Crippen LogP contribution in [0.25, 0.3) is 110 Å². The monoisotopic (exact) mass is 752 g/mol. The van der Waals surface area contributed by atoms with Gasteiger partial charge < -0.3 is 4.57 Å². The first kappa shape index (κ1) is 32.5. The van der Waals surface area contributed by atoms with E-state index in [1.807, 2.05) is 0 Å². The van der Waals surface area contributed by atoms with E-state index < -0.39 is 0 Å². The van der Waals surface area contributed by atoms with E-state index in [0.29, 0.717) is 5.95 Å². The molecule has 0 aliphatic heterocycles. The van der Waals surface area contributed by atoms with Gasteiger partial charge in [0, 0.05) is 43.3 Å². The predicted molar refractivity (Wildman–Crippen MR) is 246 cm³/mol. The highest BCUT2D eigenvalue weighted by Gasteiger charge is 2.39. The first-order valence-corrected chi connectivity index (χ1v) is 20.4. The minimum Gasteiger partial charge on any atom is -0.309 e. The van der Waals surface area contributed by atoms with E-state index in [4.69, 9.17) is 9.97 Å². The third-order valence-electron chi connectivity index (χ3n) is 13.1. The lowest BCUT2D eigenvalue weighted by molar-refractivity contribution is 0.663. The van der Waals surface area contributed by atoms with Crippen molar-refractivity contribution in [2.75, 3.05) is 0 Å². The molecule has 0 amide bonds. The van der Waals surface area contributed by atoms with E-state index in [1.54, 1.807) is 0 Å². The Morgan fingerprint density at radius 1 is 0.441 bits per heavy atom. The Morgan fingerprint density at radius 3 is 1.88 bits per heavy atom. The van der Waals surface area contributed by atoms with E-state index in [0.717, 1.165) is 38.9 Å². The molecule has 276 valence electrons. The number of benzene rings is 9. The Bertz CT molecular complexity index is 3720. The van der Waals surface area contributed by atoms with Gasteiger partial charge in [-0.25, -0.2) is 9.97 Å². The first-order valence-electron chi connectivity index (χ1n) is 20.4. The molecule has 59 heavy (non-hydrogen) atoms. The molecule has 3 aromatic heterocycles. The molecule has 0 N–H and O–H groups in total. The molecule has 0 saturated carbocycles. The molecule has 0 spiro atoms. The average Bonchev–Trinajstić information content (AvgIpc) is 3.88. The van der Waals surface area contributed by atoms with Gasteiger partial charge in [0.2, 0.25) is 5.95 Å². The Morgan fingerprint density at radius 2 is 1.08 bits per heavy atom. The molecule has 4 heteroatoms. The summed E-state index contributed by atoms with van der Waals surface area (Å²) in [5.74, 6) is 0.662. The second kappa shape index (κ2) is 11.7. The van der Waals surface area contributed by atoms with Crippen LogP contribution in [0.4, 0.5) is 0 Å². The summed E-state index contributed by atoms with van der Waals surface area (Å²) in [6.07, 6.45) is 0. The van der Waals surface area contributed by atoms with E-state index in [-0.39, 0.29) is 5.41 Å². The molecular formula is C55H36N4. The van der Waals surface area contributed by atoms with Gasteiger partial charge in [0.05, 0.1) is 39.0 Å². The molecule has 4 nitrogen and oxygen atoms in total. The zero-order chi connectivity index (χ0) is 39.0. The third-order valence-corrected chi connectivity index (χ3v) is 13.1. The first-order chi connectivity index (χ1) is 29.0. The minimum atomic E-state index is -0.277. The van der Waals surface area contributed by atoms with Crippen molar-refractivity contribution < 1.29 is 0 Å². The Labute approximate surface area is 340 Å². The lowest BCUT2D eigenvalue weighted by Gasteiger charge is -2.23. The van der Waals surface area contributed by atoms with Crippen LogP contribution in [0.15, 0.2) is 182 Å². The molecule has 1 aliphatic carbocycles. The van der Waals surface area contributed by atoms with Crippen molar-refractivity contribution in [1.29, 1.82) is 0 Å². The van der Waals surface area contributed by atoms with Crippen molar-refractivity contribution in [3.63, 3.8) is 0 Å². The largest absolute Gasteiger partial charge is 0.309 e. The van der Waals surface area contributed by atoms with Crippen LogP contribution in [0, 0.1) is 0 Å². The van der Waals surface area contributed by atoms with Crippen LogP contribution in [0.1, 0.15) is 25.0 Å². The van der Waals surface area contributed by atoms with Gasteiger partial charge in [-0.3, -0.25) is 4.57 Å². The lowest BCUT2D eigenvalue weighted by Crippen LogP contribution is -2.17.